The number of non-ortho nitro benzene ring substituents is 1. The van der Waals surface area contributed by atoms with Crippen molar-refractivity contribution in [2.45, 2.75) is 18.9 Å². The molecule has 2 rings (SSSR count). The lowest BCUT2D eigenvalue weighted by Crippen LogP contribution is -2.45. The Balaban J connectivity index is 0.00000312. The van der Waals surface area contributed by atoms with Crippen LogP contribution >= 0.6 is 12.4 Å². The summed E-state index contributed by atoms with van der Waals surface area (Å²) in [4.78, 5) is 25.2. The Morgan fingerprint density at radius 2 is 2.12 bits per heavy atom. The number of piperidine rings is 1. The number of nitrogens with zero attached hydrogens (tertiary/aromatic N) is 3. The summed E-state index contributed by atoms with van der Waals surface area (Å²) in [5, 5.41) is 19.6. The molecule has 1 aliphatic heterocycles. The minimum atomic E-state index is -0.801. The van der Waals surface area contributed by atoms with E-state index in [0.29, 0.717) is 18.4 Å². The fraction of sp³-hybridized carbons (Fsp3) is 0.562. The molecule has 0 aromatic heterocycles. The molecule has 140 valence electrons. The SMILES string of the molecule is CN(CC(=O)O)C1CCN(CCOc2cccc([N+](=O)[O-])c2)CC1.Cl. The van der Waals surface area contributed by atoms with Crippen molar-refractivity contribution in [2.24, 2.45) is 0 Å². The van der Waals surface area contributed by atoms with Crippen LogP contribution in [0.15, 0.2) is 24.3 Å². The monoisotopic (exact) mass is 373 g/mol. The highest BCUT2D eigenvalue weighted by atomic mass is 35.5. The summed E-state index contributed by atoms with van der Waals surface area (Å²) in [5.74, 6) is -0.300. The molecule has 0 saturated carbocycles. The van der Waals surface area contributed by atoms with Gasteiger partial charge in [0, 0.05) is 18.7 Å². The van der Waals surface area contributed by atoms with E-state index >= 15 is 0 Å². The average Bonchev–Trinajstić information content (AvgIpc) is 2.55. The van der Waals surface area contributed by atoms with Crippen LogP contribution in [0.3, 0.4) is 0 Å². The van der Waals surface area contributed by atoms with Crippen LogP contribution in [0.2, 0.25) is 0 Å². The standard InChI is InChI=1S/C16H23N3O5.ClH/c1-17(12-16(20)21)13-5-7-18(8-6-13)9-10-24-15-4-2-3-14(11-15)19(22)23;/h2-4,11,13H,5-10,12H2,1H3,(H,20,21);1H. The number of nitro benzene ring substituents is 1. The van der Waals surface area contributed by atoms with Gasteiger partial charge in [-0.25, -0.2) is 0 Å². The first-order valence-electron chi connectivity index (χ1n) is 7.97. The molecule has 0 atom stereocenters. The summed E-state index contributed by atoms with van der Waals surface area (Å²) in [7, 11) is 1.85. The Kier molecular flexibility index (Phi) is 8.60. The van der Waals surface area contributed by atoms with Crippen LogP contribution in [0.5, 0.6) is 5.75 Å². The normalized spacial score (nSPS) is 15.6. The largest absolute Gasteiger partial charge is 0.492 e. The van der Waals surface area contributed by atoms with Crippen LogP contribution in [-0.4, -0.2) is 71.7 Å². The highest BCUT2D eigenvalue weighted by molar-refractivity contribution is 5.85. The number of hydrogen-bond acceptors (Lipinski definition) is 6. The fourth-order valence-corrected chi connectivity index (χ4v) is 2.91. The maximum atomic E-state index is 10.7. The van der Waals surface area contributed by atoms with Crippen LogP contribution in [-0.2, 0) is 4.79 Å². The smallest absolute Gasteiger partial charge is 0.317 e. The fourth-order valence-electron chi connectivity index (χ4n) is 2.91. The van der Waals surface area contributed by atoms with Gasteiger partial charge in [-0.1, -0.05) is 6.07 Å². The molecule has 0 unspecified atom stereocenters. The van der Waals surface area contributed by atoms with Gasteiger partial charge in [0.15, 0.2) is 0 Å². The van der Waals surface area contributed by atoms with Gasteiger partial charge in [-0.2, -0.15) is 0 Å². The molecule has 0 radical (unpaired) electrons. The third-order valence-corrected chi connectivity index (χ3v) is 4.27. The quantitative estimate of drug-likeness (QED) is 0.549. The van der Waals surface area contributed by atoms with Crippen molar-refractivity contribution in [3.63, 3.8) is 0 Å². The predicted molar refractivity (Wildman–Crippen MR) is 95.6 cm³/mol. The summed E-state index contributed by atoms with van der Waals surface area (Å²) in [6.07, 6.45) is 1.86. The van der Waals surface area contributed by atoms with Crippen molar-refractivity contribution >= 4 is 24.1 Å². The molecule has 9 heteroatoms. The van der Waals surface area contributed by atoms with Crippen molar-refractivity contribution in [2.75, 3.05) is 39.8 Å². The number of aliphatic carboxylic acids is 1. The van der Waals surface area contributed by atoms with Crippen LogP contribution in [0.25, 0.3) is 0 Å². The van der Waals surface area contributed by atoms with Crippen molar-refractivity contribution in [1.82, 2.24) is 9.80 Å². The number of benzene rings is 1. The minimum absolute atomic E-state index is 0. The maximum Gasteiger partial charge on any atom is 0.317 e. The first-order chi connectivity index (χ1) is 11.5. The van der Waals surface area contributed by atoms with E-state index in [0.717, 1.165) is 32.5 Å². The molecule has 1 fully saturated rings. The highest BCUT2D eigenvalue weighted by Gasteiger charge is 2.23. The Morgan fingerprint density at radius 3 is 2.72 bits per heavy atom. The molecule has 1 aromatic carbocycles. The van der Waals surface area contributed by atoms with Gasteiger partial charge in [0.2, 0.25) is 0 Å². The van der Waals surface area contributed by atoms with Crippen molar-refractivity contribution < 1.29 is 19.6 Å². The molecule has 0 spiro atoms. The number of halogens is 1. The van der Waals surface area contributed by atoms with Gasteiger partial charge >= 0.3 is 5.97 Å². The zero-order valence-corrected chi connectivity index (χ0v) is 15.0. The summed E-state index contributed by atoms with van der Waals surface area (Å²) < 4.78 is 5.59. The van der Waals surface area contributed by atoms with Gasteiger partial charge < -0.3 is 9.84 Å². The van der Waals surface area contributed by atoms with E-state index in [1.165, 1.54) is 12.1 Å². The topological polar surface area (TPSA) is 96.2 Å². The first kappa shape index (κ1) is 21.1. The van der Waals surface area contributed by atoms with Crippen LogP contribution in [0, 0.1) is 10.1 Å². The number of rotatable bonds is 8. The van der Waals surface area contributed by atoms with E-state index in [4.69, 9.17) is 9.84 Å². The second-order valence-corrected chi connectivity index (χ2v) is 5.98. The van der Waals surface area contributed by atoms with E-state index in [9.17, 15) is 14.9 Å². The van der Waals surface area contributed by atoms with Crippen molar-refractivity contribution in [3.8, 4) is 5.75 Å². The summed E-state index contributed by atoms with van der Waals surface area (Å²) >= 11 is 0. The number of hydrogen-bond donors (Lipinski definition) is 1. The van der Waals surface area contributed by atoms with Gasteiger partial charge in [0.05, 0.1) is 17.5 Å². The number of likely N-dealkylation sites (N-methyl/N-ethyl adjacent to an activating group) is 1. The Hall–Kier alpha value is -1.90. The van der Waals surface area contributed by atoms with E-state index in [1.54, 1.807) is 12.1 Å². The lowest BCUT2D eigenvalue weighted by atomic mass is 10.0. The number of nitro groups is 1. The number of carbonyl (C=O) groups is 1. The first-order valence-corrected chi connectivity index (χ1v) is 7.97. The summed E-state index contributed by atoms with van der Waals surface area (Å²) in [5.41, 5.74) is 0.0229. The molecule has 8 nitrogen and oxygen atoms in total. The minimum Gasteiger partial charge on any atom is -0.492 e. The number of carboxylic acid groups (broad SMARTS) is 1. The summed E-state index contributed by atoms with van der Waals surface area (Å²) in [6.45, 7) is 3.08. The van der Waals surface area contributed by atoms with Gasteiger partial charge in [-0.15, -0.1) is 12.4 Å². The van der Waals surface area contributed by atoms with Crippen LogP contribution in [0.4, 0.5) is 5.69 Å². The van der Waals surface area contributed by atoms with E-state index < -0.39 is 10.9 Å². The van der Waals surface area contributed by atoms with Gasteiger partial charge in [-0.3, -0.25) is 24.7 Å². The number of ether oxygens (including phenoxy) is 1. The molecule has 1 aliphatic rings. The van der Waals surface area contributed by atoms with E-state index in [2.05, 4.69) is 4.90 Å². The maximum absolute atomic E-state index is 10.7. The summed E-state index contributed by atoms with van der Waals surface area (Å²) in [6, 6.07) is 6.48. The molecule has 1 N–H and O–H groups in total. The van der Waals surface area contributed by atoms with Gasteiger partial charge in [0.25, 0.3) is 5.69 Å². The Labute approximate surface area is 152 Å². The number of carboxylic acids is 1. The molecule has 1 saturated heterocycles. The lowest BCUT2D eigenvalue weighted by molar-refractivity contribution is -0.384. The zero-order chi connectivity index (χ0) is 17.5. The zero-order valence-electron chi connectivity index (χ0n) is 14.2. The molecule has 0 aliphatic carbocycles. The Morgan fingerprint density at radius 1 is 1.44 bits per heavy atom. The van der Waals surface area contributed by atoms with Crippen molar-refractivity contribution in [1.29, 1.82) is 0 Å². The van der Waals surface area contributed by atoms with Crippen LogP contribution < -0.4 is 4.74 Å². The molecule has 0 bridgehead atoms. The van der Waals surface area contributed by atoms with E-state index in [-0.39, 0.29) is 24.6 Å². The Bertz CT molecular complexity index is 579. The number of likely N-dealkylation sites (tertiary alicyclic amines) is 1. The highest BCUT2D eigenvalue weighted by Crippen LogP contribution is 2.19. The second-order valence-electron chi connectivity index (χ2n) is 5.98. The predicted octanol–water partition coefficient (Wildman–Crippen LogP) is 1.88. The lowest BCUT2D eigenvalue weighted by Gasteiger charge is -2.36. The molecular weight excluding hydrogens is 350 g/mol. The van der Waals surface area contributed by atoms with Gasteiger partial charge in [0.1, 0.15) is 12.4 Å². The molecule has 25 heavy (non-hydrogen) atoms. The molecular formula is C16H24ClN3O5. The van der Waals surface area contributed by atoms with Gasteiger partial charge in [-0.05, 0) is 39.0 Å². The third-order valence-electron chi connectivity index (χ3n) is 4.27. The second kappa shape index (κ2) is 10.2. The molecule has 1 aromatic rings. The van der Waals surface area contributed by atoms with E-state index in [1.807, 2.05) is 11.9 Å². The average molecular weight is 374 g/mol. The third kappa shape index (κ3) is 6.85. The molecule has 1 heterocycles. The van der Waals surface area contributed by atoms with Crippen molar-refractivity contribution in [3.05, 3.63) is 34.4 Å². The molecule has 0 amide bonds. The van der Waals surface area contributed by atoms with Crippen LogP contribution in [0.1, 0.15) is 12.8 Å².